The van der Waals surface area contributed by atoms with Gasteiger partial charge in [0, 0.05) is 25.8 Å². The third-order valence-electron chi connectivity index (χ3n) is 6.12. The molecule has 2 unspecified atom stereocenters. The Bertz CT molecular complexity index is 775. The van der Waals surface area contributed by atoms with Crippen molar-refractivity contribution in [2.24, 2.45) is 11.8 Å². The third kappa shape index (κ3) is 3.05. The molecule has 136 valence electrons. The lowest BCUT2D eigenvalue weighted by Crippen LogP contribution is -2.51. The van der Waals surface area contributed by atoms with Crippen molar-refractivity contribution in [3.8, 4) is 0 Å². The molecule has 0 aromatic carbocycles. The Morgan fingerprint density at radius 2 is 1.88 bits per heavy atom. The van der Waals surface area contributed by atoms with Crippen molar-refractivity contribution in [3.63, 3.8) is 0 Å². The summed E-state index contributed by atoms with van der Waals surface area (Å²) in [4.78, 5) is 44.0. The first kappa shape index (κ1) is 16.6. The first-order valence-corrected chi connectivity index (χ1v) is 9.40. The van der Waals surface area contributed by atoms with Gasteiger partial charge in [0.15, 0.2) is 0 Å². The van der Waals surface area contributed by atoms with E-state index in [9.17, 15) is 14.4 Å². The van der Waals surface area contributed by atoms with Gasteiger partial charge in [0.2, 0.25) is 0 Å². The average Bonchev–Trinajstić information content (AvgIpc) is 2.62. The number of piperidine rings is 4. The Morgan fingerprint density at radius 1 is 1.12 bits per heavy atom. The first-order valence-electron chi connectivity index (χ1n) is 9.40. The van der Waals surface area contributed by atoms with E-state index in [1.165, 1.54) is 6.20 Å². The molecule has 5 rings (SSSR count). The highest BCUT2D eigenvalue weighted by atomic mass is 16.2. The van der Waals surface area contributed by atoms with Crippen LogP contribution in [0.2, 0.25) is 0 Å². The molecule has 0 radical (unpaired) electrons. The molecule has 4 aliphatic heterocycles. The number of nitrogens with one attached hydrogen (secondary N) is 1. The van der Waals surface area contributed by atoms with Crippen LogP contribution >= 0.6 is 0 Å². The highest BCUT2D eigenvalue weighted by Gasteiger charge is 2.36. The van der Waals surface area contributed by atoms with Crippen LogP contribution in [0, 0.1) is 11.8 Å². The molecule has 1 aromatic rings. The fraction of sp³-hybridized carbons (Fsp3) is 0.722. The molecule has 7 nitrogen and oxygen atoms in total. The molecule has 0 saturated carbocycles. The molecule has 1 amide bonds. The quantitative estimate of drug-likeness (QED) is 0.854. The Balaban J connectivity index is 1.66. The van der Waals surface area contributed by atoms with E-state index in [1.807, 2.05) is 0 Å². The standard InChI is InChI=1S/C18H26N4O3/c1-12-3-2-6-21(9-12)17(24)14-10-22(18(25)19-16(14)23)15-11-20-7-4-13(15)5-8-20/h10,12-13,15H,2-9,11H2,1H3,(H,19,23,25). The van der Waals surface area contributed by atoms with Crippen LogP contribution in [0.25, 0.3) is 0 Å². The van der Waals surface area contributed by atoms with Gasteiger partial charge in [-0.3, -0.25) is 19.1 Å². The third-order valence-corrected chi connectivity index (χ3v) is 6.12. The Labute approximate surface area is 146 Å². The Morgan fingerprint density at radius 3 is 2.52 bits per heavy atom. The maximum Gasteiger partial charge on any atom is 0.328 e. The van der Waals surface area contributed by atoms with E-state index in [4.69, 9.17) is 0 Å². The number of hydrogen-bond acceptors (Lipinski definition) is 4. The summed E-state index contributed by atoms with van der Waals surface area (Å²) in [6.07, 6.45) is 5.74. The minimum absolute atomic E-state index is 0.0543. The summed E-state index contributed by atoms with van der Waals surface area (Å²) in [6, 6.07) is 0.0543. The zero-order valence-electron chi connectivity index (χ0n) is 14.7. The number of rotatable bonds is 2. The molecule has 7 heteroatoms. The number of aromatic amines is 1. The molecule has 2 atom stereocenters. The SMILES string of the molecule is CC1CCCN(C(=O)c2cn(C3CN4CCC3CC4)c(=O)[nH]c2=O)C1. The van der Waals surface area contributed by atoms with Gasteiger partial charge in [-0.1, -0.05) is 6.92 Å². The highest BCUT2D eigenvalue weighted by Crippen LogP contribution is 2.34. The van der Waals surface area contributed by atoms with Crippen molar-refractivity contribution >= 4 is 5.91 Å². The lowest BCUT2D eigenvalue weighted by atomic mass is 9.84. The number of amides is 1. The van der Waals surface area contributed by atoms with Crippen LogP contribution in [-0.2, 0) is 0 Å². The molecule has 2 bridgehead atoms. The van der Waals surface area contributed by atoms with E-state index in [2.05, 4.69) is 16.8 Å². The number of likely N-dealkylation sites (tertiary alicyclic amines) is 1. The molecule has 1 N–H and O–H groups in total. The largest absolute Gasteiger partial charge is 0.338 e. The van der Waals surface area contributed by atoms with Gasteiger partial charge in [0.25, 0.3) is 11.5 Å². The van der Waals surface area contributed by atoms with Gasteiger partial charge in [0.1, 0.15) is 5.56 Å². The summed E-state index contributed by atoms with van der Waals surface area (Å²) in [7, 11) is 0. The molecule has 0 spiro atoms. The van der Waals surface area contributed by atoms with E-state index >= 15 is 0 Å². The lowest BCUT2D eigenvalue weighted by Gasteiger charge is -2.45. The number of H-pyrrole nitrogens is 1. The molecule has 4 aliphatic rings. The molecule has 5 heterocycles. The smallest absolute Gasteiger partial charge is 0.328 e. The van der Waals surface area contributed by atoms with Crippen LogP contribution in [0.15, 0.2) is 15.8 Å². The van der Waals surface area contributed by atoms with Gasteiger partial charge in [-0.25, -0.2) is 4.79 Å². The average molecular weight is 346 g/mol. The van der Waals surface area contributed by atoms with Gasteiger partial charge in [-0.2, -0.15) is 0 Å². The maximum absolute atomic E-state index is 12.9. The molecule has 4 fully saturated rings. The van der Waals surface area contributed by atoms with Crippen molar-refractivity contribution in [3.05, 3.63) is 32.6 Å². The van der Waals surface area contributed by atoms with Crippen LogP contribution < -0.4 is 11.2 Å². The molecule has 25 heavy (non-hydrogen) atoms. The fourth-order valence-corrected chi connectivity index (χ4v) is 4.68. The number of hydrogen-bond donors (Lipinski definition) is 1. The fourth-order valence-electron chi connectivity index (χ4n) is 4.68. The lowest BCUT2D eigenvalue weighted by molar-refractivity contribution is 0.0539. The summed E-state index contributed by atoms with van der Waals surface area (Å²) in [5.74, 6) is 0.652. The van der Waals surface area contributed by atoms with Crippen LogP contribution in [-0.4, -0.2) is 58.0 Å². The molecule has 1 aromatic heterocycles. The zero-order chi connectivity index (χ0) is 17.6. The van der Waals surface area contributed by atoms with Crippen molar-refractivity contribution in [2.75, 3.05) is 32.7 Å². The van der Waals surface area contributed by atoms with Crippen LogP contribution in [0.4, 0.5) is 0 Å². The summed E-state index contributed by atoms with van der Waals surface area (Å²) in [5, 5.41) is 0. The number of aromatic nitrogens is 2. The second-order valence-corrected chi connectivity index (χ2v) is 7.91. The number of carbonyl (C=O) groups is 1. The summed E-state index contributed by atoms with van der Waals surface area (Å²) < 4.78 is 1.61. The van der Waals surface area contributed by atoms with Gasteiger partial charge in [0.05, 0.1) is 6.04 Å². The first-order chi connectivity index (χ1) is 12.0. The van der Waals surface area contributed by atoms with E-state index in [-0.39, 0.29) is 17.5 Å². The van der Waals surface area contributed by atoms with Crippen molar-refractivity contribution in [2.45, 2.75) is 38.6 Å². The highest BCUT2D eigenvalue weighted by molar-refractivity contribution is 5.93. The van der Waals surface area contributed by atoms with Gasteiger partial charge in [-0.15, -0.1) is 0 Å². The van der Waals surface area contributed by atoms with Crippen LogP contribution in [0.3, 0.4) is 0 Å². The van der Waals surface area contributed by atoms with Crippen LogP contribution in [0.5, 0.6) is 0 Å². The second kappa shape index (κ2) is 6.44. The van der Waals surface area contributed by atoms with Crippen molar-refractivity contribution < 1.29 is 4.79 Å². The van der Waals surface area contributed by atoms with Crippen molar-refractivity contribution in [1.82, 2.24) is 19.4 Å². The topological polar surface area (TPSA) is 78.4 Å². The van der Waals surface area contributed by atoms with Gasteiger partial charge < -0.3 is 9.80 Å². The van der Waals surface area contributed by atoms with E-state index in [1.54, 1.807) is 9.47 Å². The van der Waals surface area contributed by atoms with E-state index in [0.29, 0.717) is 24.9 Å². The van der Waals surface area contributed by atoms with E-state index < -0.39 is 11.2 Å². The predicted octanol–water partition coefficient (Wildman–Crippen LogP) is 0.675. The minimum Gasteiger partial charge on any atom is -0.338 e. The zero-order valence-corrected chi connectivity index (χ0v) is 14.7. The van der Waals surface area contributed by atoms with E-state index in [0.717, 1.165) is 45.3 Å². The van der Waals surface area contributed by atoms with Gasteiger partial charge in [-0.05, 0) is 50.6 Å². The van der Waals surface area contributed by atoms with Crippen molar-refractivity contribution in [1.29, 1.82) is 0 Å². The second-order valence-electron chi connectivity index (χ2n) is 7.91. The molecular formula is C18H26N4O3. The minimum atomic E-state index is -0.564. The summed E-state index contributed by atoms with van der Waals surface area (Å²) in [5.41, 5.74) is -0.858. The summed E-state index contributed by atoms with van der Waals surface area (Å²) >= 11 is 0. The predicted molar refractivity (Wildman–Crippen MR) is 93.8 cm³/mol. The summed E-state index contributed by atoms with van der Waals surface area (Å²) in [6.45, 7) is 6.47. The normalized spacial score (nSPS) is 32.0. The molecular weight excluding hydrogens is 320 g/mol. The maximum atomic E-state index is 12.9. The Hall–Kier alpha value is -1.89. The number of fused-ring (bicyclic) bond motifs is 3. The van der Waals surface area contributed by atoms with Crippen LogP contribution in [0.1, 0.15) is 49.0 Å². The molecule has 0 aliphatic carbocycles. The number of nitrogens with zero attached hydrogens (tertiary/aromatic N) is 3. The molecule has 4 saturated heterocycles. The van der Waals surface area contributed by atoms with Gasteiger partial charge >= 0.3 is 5.69 Å². The Kier molecular flexibility index (Phi) is 4.27. The number of carbonyl (C=O) groups excluding carboxylic acids is 1. The monoisotopic (exact) mass is 346 g/mol.